The Hall–Kier alpha value is -4.58. The van der Waals surface area contributed by atoms with Crippen LogP contribution in [0.2, 0.25) is 0 Å². The highest BCUT2D eigenvalue weighted by molar-refractivity contribution is 5.81. The summed E-state index contributed by atoms with van der Waals surface area (Å²) in [5.41, 5.74) is 22.9. The van der Waals surface area contributed by atoms with E-state index in [-0.39, 0.29) is 0 Å². The average Bonchev–Trinajstić information content (AvgIpc) is 3.44. The van der Waals surface area contributed by atoms with Crippen LogP contribution < -0.4 is 11.5 Å². The molecule has 0 spiro atoms. The molecule has 0 fully saturated rings. The van der Waals surface area contributed by atoms with Gasteiger partial charge in [-0.3, -0.25) is 0 Å². The third-order valence-electron chi connectivity index (χ3n) is 6.10. The molecular formula is C29H28N6. The van der Waals surface area contributed by atoms with Gasteiger partial charge in [0.05, 0.1) is 22.1 Å². The molecule has 6 heteroatoms. The van der Waals surface area contributed by atoms with Crippen LogP contribution in [-0.4, -0.2) is 19.9 Å². The molecule has 4 aromatic carbocycles. The summed E-state index contributed by atoms with van der Waals surface area (Å²) in [5.74, 6) is 1.76. The standard InChI is InChI=1S/C15H15N3.C14H13N3/c1-9-7-13-14(8-10(9)2)18-15(17-13)11-3-5-12(16)6-4-11;1-9-2-7-12-13(8-9)17-14(16-12)10-3-5-11(15)6-4-10/h3-8H,16H2,1-2H3,(H,17,18);2-8H,15H2,1H3,(H,16,17). The molecule has 6 aromatic rings. The molecule has 0 atom stereocenters. The third kappa shape index (κ3) is 4.73. The van der Waals surface area contributed by atoms with Gasteiger partial charge in [-0.15, -0.1) is 0 Å². The van der Waals surface area contributed by atoms with E-state index in [9.17, 15) is 0 Å². The first-order chi connectivity index (χ1) is 16.9. The van der Waals surface area contributed by atoms with E-state index < -0.39 is 0 Å². The molecule has 6 N–H and O–H groups in total. The maximum absolute atomic E-state index is 5.69. The van der Waals surface area contributed by atoms with Gasteiger partial charge >= 0.3 is 0 Å². The Morgan fingerprint density at radius 2 is 1.03 bits per heavy atom. The number of fused-ring (bicyclic) bond motifs is 2. The number of anilines is 2. The molecule has 6 nitrogen and oxygen atoms in total. The van der Waals surface area contributed by atoms with Gasteiger partial charge in [-0.2, -0.15) is 0 Å². The number of aryl methyl sites for hydroxylation is 3. The van der Waals surface area contributed by atoms with Crippen LogP contribution in [0.25, 0.3) is 44.8 Å². The van der Waals surface area contributed by atoms with Crippen LogP contribution >= 0.6 is 0 Å². The number of benzene rings is 4. The highest BCUT2D eigenvalue weighted by Gasteiger charge is 2.07. The molecule has 174 valence electrons. The Morgan fingerprint density at radius 1 is 0.543 bits per heavy atom. The summed E-state index contributed by atoms with van der Waals surface area (Å²) in [6.45, 7) is 6.29. The van der Waals surface area contributed by atoms with Crippen molar-refractivity contribution in [3.05, 3.63) is 95.6 Å². The van der Waals surface area contributed by atoms with Crippen molar-refractivity contribution < 1.29 is 0 Å². The van der Waals surface area contributed by atoms with Crippen molar-refractivity contribution in [3.8, 4) is 22.8 Å². The molecule has 2 aromatic heterocycles. The van der Waals surface area contributed by atoms with Gasteiger partial charge in [0.25, 0.3) is 0 Å². The van der Waals surface area contributed by atoms with E-state index in [1.807, 2.05) is 54.6 Å². The lowest BCUT2D eigenvalue weighted by Gasteiger charge is -1.97. The van der Waals surface area contributed by atoms with E-state index in [2.05, 4.69) is 65.0 Å². The summed E-state index contributed by atoms with van der Waals surface area (Å²) in [7, 11) is 0. The number of aromatic amines is 2. The van der Waals surface area contributed by atoms with Gasteiger partial charge in [0.1, 0.15) is 11.6 Å². The molecule has 0 amide bonds. The number of H-pyrrole nitrogens is 2. The second kappa shape index (κ2) is 8.99. The van der Waals surface area contributed by atoms with Crippen LogP contribution in [0.3, 0.4) is 0 Å². The minimum Gasteiger partial charge on any atom is -0.399 e. The van der Waals surface area contributed by atoms with Gasteiger partial charge in [0.15, 0.2) is 0 Å². The highest BCUT2D eigenvalue weighted by atomic mass is 14.9. The number of hydrogen-bond acceptors (Lipinski definition) is 4. The molecule has 0 unspecified atom stereocenters. The van der Waals surface area contributed by atoms with E-state index in [4.69, 9.17) is 11.5 Å². The molecule has 35 heavy (non-hydrogen) atoms. The van der Waals surface area contributed by atoms with Gasteiger partial charge in [0.2, 0.25) is 0 Å². The average molecular weight is 461 g/mol. The normalized spacial score (nSPS) is 10.9. The maximum Gasteiger partial charge on any atom is 0.138 e. The molecule has 0 aliphatic rings. The van der Waals surface area contributed by atoms with Crippen LogP contribution in [0, 0.1) is 20.8 Å². The Labute approximate surface area is 204 Å². The molecule has 0 saturated heterocycles. The lowest BCUT2D eigenvalue weighted by atomic mass is 10.1. The van der Waals surface area contributed by atoms with Gasteiger partial charge < -0.3 is 21.4 Å². The van der Waals surface area contributed by atoms with Crippen molar-refractivity contribution in [2.45, 2.75) is 20.8 Å². The zero-order valence-electron chi connectivity index (χ0n) is 20.1. The first kappa shape index (κ1) is 22.2. The van der Waals surface area contributed by atoms with Crippen LogP contribution in [0.1, 0.15) is 16.7 Å². The predicted molar refractivity (Wildman–Crippen MR) is 146 cm³/mol. The Balaban J connectivity index is 0.000000145. The van der Waals surface area contributed by atoms with Crippen molar-refractivity contribution in [2.75, 3.05) is 11.5 Å². The van der Waals surface area contributed by atoms with Crippen molar-refractivity contribution in [3.63, 3.8) is 0 Å². The molecule has 0 radical (unpaired) electrons. The van der Waals surface area contributed by atoms with Gasteiger partial charge in [-0.25, -0.2) is 9.97 Å². The van der Waals surface area contributed by atoms with E-state index in [0.29, 0.717) is 0 Å². The molecule has 6 rings (SSSR count). The SMILES string of the molecule is Cc1cc2nc(-c3ccc(N)cc3)[nH]c2cc1C.Cc1ccc2nc(-c3ccc(N)cc3)[nH]c2c1. The first-order valence-electron chi connectivity index (χ1n) is 11.5. The van der Waals surface area contributed by atoms with Crippen LogP contribution in [0.5, 0.6) is 0 Å². The number of hydrogen-bond donors (Lipinski definition) is 4. The van der Waals surface area contributed by atoms with Gasteiger partial charge in [-0.1, -0.05) is 6.07 Å². The van der Waals surface area contributed by atoms with E-state index in [1.165, 1.54) is 16.7 Å². The quantitative estimate of drug-likeness (QED) is 0.220. The Morgan fingerprint density at radius 3 is 1.60 bits per heavy atom. The second-order valence-electron chi connectivity index (χ2n) is 8.89. The molecule has 0 aliphatic carbocycles. The fourth-order valence-electron chi connectivity index (χ4n) is 3.95. The summed E-state index contributed by atoms with van der Waals surface area (Å²) >= 11 is 0. The zero-order chi connectivity index (χ0) is 24.5. The lowest BCUT2D eigenvalue weighted by Crippen LogP contribution is -1.84. The number of rotatable bonds is 2. The van der Waals surface area contributed by atoms with Gasteiger partial charge in [0, 0.05) is 22.5 Å². The molecule has 0 saturated carbocycles. The summed E-state index contributed by atoms with van der Waals surface area (Å²) < 4.78 is 0. The summed E-state index contributed by atoms with van der Waals surface area (Å²) in [6, 6.07) is 25.9. The highest BCUT2D eigenvalue weighted by Crippen LogP contribution is 2.24. The summed E-state index contributed by atoms with van der Waals surface area (Å²) in [5, 5.41) is 0. The number of imidazole rings is 2. The minimum atomic E-state index is 0.765. The van der Waals surface area contributed by atoms with Crippen molar-refractivity contribution in [1.29, 1.82) is 0 Å². The number of nitrogen functional groups attached to an aromatic ring is 2. The van der Waals surface area contributed by atoms with Gasteiger partial charge in [-0.05, 0) is 110 Å². The third-order valence-corrected chi connectivity index (χ3v) is 6.10. The smallest absolute Gasteiger partial charge is 0.138 e. The maximum atomic E-state index is 5.69. The monoisotopic (exact) mass is 460 g/mol. The van der Waals surface area contributed by atoms with E-state index in [0.717, 1.165) is 56.2 Å². The van der Waals surface area contributed by atoms with E-state index in [1.54, 1.807) is 0 Å². The van der Waals surface area contributed by atoms with Crippen molar-refractivity contribution in [1.82, 2.24) is 19.9 Å². The topological polar surface area (TPSA) is 109 Å². The largest absolute Gasteiger partial charge is 0.399 e. The summed E-state index contributed by atoms with van der Waals surface area (Å²) in [6.07, 6.45) is 0. The molecule has 0 aliphatic heterocycles. The molecule has 0 bridgehead atoms. The van der Waals surface area contributed by atoms with E-state index >= 15 is 0 Å². The number of aromatic nitrogens is 4. The van der Waals surface area contributed by atoms with Crippen molar-refractivity contribution >= 4 is 33.4 Å². The number of nitrogens with one attached hydrogen (secondary N) is 2. The van der Waals surface area contributed by atoms with Crippen LogP contribution in [0.15, 0.2) is 78.9 Å². The zero-order valence-corrected chi connectivity index (χ0v) is 20.1. The first-order valence-corrected chi connectivity index (χ1v) is 11.5. The number of nitrogens with two attached hydrogens (primary N) is 2. The predicted octanol–water partition coefficient (Wildman–Crippen LogP) is 6.55. The molecular weight excluding hydrogens is 432 g/mol. The fraction of sp³-hybridized carbons (Fsp3) is 0.103. The Kier molecular flexibility index (Phi) is 5.71. The fourth-order valence-corrected chi connectivity index (χ4v) is 3.95. The van der Waals surface area contributed by atoms with Crippen LogP contribution in [-0.2, 0) is 0 Å². The lowest BCUT2D eigenvalue weighted by molar-refractivity contribution is 1.34. The Bertz CT molecular complexity index is 1580. The van der Waals surface area contributed by atoms with Crippen LogP contribution in [0.4, 0.5) is 11.4 Å². The minimum absolute atomic E-state index is 0.765. The summed E-state index contributed by atoms with van der Waals surface area (Å²) in [4.78, 5) is 15.8. The second-order valence-corrected chi connectivity index (χ2v) is 8.89. The van der Waals surface area contributed by atoms with Crippen molar-refractivity contribution in [2.24, 2.45) is 0 Å². The molecule has 2 heterocycles. The number of nitrogens with zero attached hydrogens (tertiary/aromatic N) is 2.